The third-order valence-electron chi connectivity index (χ3n) is 10.4. The molecule has 0 radical (unpaired) electrons. The van der Waals surface area contributed by atoms with Crippen LogP contribution in [0.5, 0.6) is 0 Å². The van der Waals surface area contributed by atoms with Crippen molar-refractivity contribution in [2.24, 2.45) is 0 Å². The number of fused-ring (bicyclic) bond motifs is 1. The number of carbonyl (C=O) groups excluding carboxylic acids is 1. The van der Waals surface area contributed by atoms with Crippen LogP contribution in [0.25, 0.3) is 0 Å². The summed E-state index contributed by atoms with van der Waals surface area (Å²) in [5.74, 6) is -1.27. The van der Waals surface area contributed by atoms with Crippen LogP contribution in [0.2, 0.25) is 0 Å². The van der Waals surface area contributed by atoms with E-state index in [1.807, 2.05) is 12.1 Å². The van der Waals surface area contributed by atoms with Gasteiger partial charge in [0, 0.05) is 13.1 Å². The van der Waals surface area contributed by atoms with Gasteiger partial charge in [0.2, 0.25) is 0 Å². The highest BCUT2D eigenvalue weighted by Crippen LogP contribution is 2.36. The summed E-state index contributed by atoms with van der Waals surface area (Å²) in [5, 5.41) is 19.3. The summed E-state index contributed by atoms with van der Waals surface area (Å²) in [6.45, 7) is 13.1. The number of hydrogen-bond acceptors (Lipinski definition) is 5. The van der Waals surface area contributed by atoms with E-state index >= 15 is 4.79 Å². The van der Waals surface area contributed by atoms with Gasteiger partial charge in [0.1, 0.15) is 42.8 Å². The van der Waals surface area contributed by atoms with E-state index in [1.54, 1.807) is 21.9 Å². The van der Waals surface area contributed by atoms with E-state index in [4.69, 9.17) is 9.47 Å². The highest BCUT2D eigenvalue weighted by atomic mass is 19.1. The first-order valence-corrected chi connectivity index (χ1v) is 18.0. The SMILES string of the molecule is CC(C)(C)c1ccc(C[C@@H]2[C@@H]3OCO[C@H]3[C@@H](Cc3ccc(C(C)(C)C)cc3)N(Cc3ccc(F)c(C#N)c3)C(=O)N2Cc2ccc(F)c(C#N)c2)cc1. The van der Waals surface area contributed by atoms with Gasteiger partial charge in [-0.05, 0) is 81.3 Å². The molecule has 0 N–H and O–H groups in total. The van der Waals surface area contributed by atoms with Crippen LogP contribution in [-0.4, -0.2) is 46.9 Å². The van der Waals surface area contributed by atoms with Crippen molar-refractivity contribution in [2.45, 2.75) is 103 Å². The van der Waals surface area contributed by atoms with Crippen molar-refractivity contribution >= 4 is 6.03 Å². The summed E-state index contributed by atoms with van der Waals surface area (Å²) in [6, 6.07) is 27.9. The van der Waals surface area contributed by atoms with Crippen molar-refractivity contribution in [3.63, 3.8) is 0 Å². The smallest absolute Gasteiger partial charge is 0.321 e. The van der Waals surface area contributed by atoms with E-state index in [2.05, 4.69) is 90.1 Å². The first kappa shape index (κ1) is 37.7. The number of nitrogens with zero attached hydrogens (tertiary/aromatic N) is 4. The van der Waals surface area contributed by atoms with E-state index in [1.165, 1.54) is 35.4 Å². The number of carbonyl (C=O) groups is 1. The van der Waals surface area contributed by atoms with E-state index in [-0.39, 0.29) is 47.9 Å². The minimum atomic E-state index is -0.634. The number of benzene rings is 4. The number of hydrogen-bond donors (Lipinski definition) is 0. The second kappa shape index (κ2) is 15.1. The van der Waals surface area contributed by atoms with Crippen LogP contribution in [0.1, 0.15) is 86.1 Å². The normalized spacial score (nSPS) is 20.5. The highest BCUT2D eigenvalue weighted by molar-refractivity contribution is 5.76. The van der Waals surface area contributed by atoms with Gasteiger partial charge < -0.3 is 19.3 Å². The molecule has 0 saturated carbocycles. The van der Waals surface area contributed by atoms with Crippen LogP contribution in [-0.2, 0) is 46.2 Å². The Bertz CT molecular complexity index is 1890. The van der Waals surface area contributed by atoms with E-state index < -0.39 is 35.9 Å². The van der Waals surface area contributed by atoms with Crippen molar-refractivity contribution in [2.75, 3.05) is 6.79 Å². The Morgan fingerprint density at radius 1 is 0.623 bits per heavy atom. The highest BCUT2D eigenvalue weighted by Gasteiger charge is 2.51. The summed E-state index contributed by atoms with van der Waals surface area (Å²) in [4.78, 5) is 18.8. The average molecular weight is 717 g/mol. The van der Waals surface area contributed by atoms with Crippen LogP contribution in [0, 0.1) is 34.3 Å². The molecule has 6 rings (SSSR count). The predicted octanol–water partition coefficient (Wildman–Crippen LogP) is 8.71. The Balaban J connectivity index is 1.47. The molecule has 4 aromatic carbocycles. The monoisotopic (exact) mass is 716 g/mol. The molecular formula is C44H46F2N4O3. The molecule has 4 atom stereocenters. The third-order valence-corrected chi connectivity index (χ3v) is 10.4. The maximum atomic E-state index is 15.3. The quantitative estimate of drug-likeness (QED) is 0.182. The third kappa shape index (κ3) is 8.28. The van der Waals surface area contributed by atoms with E-state index in [9.17, 15) is 19.3 Å². The van der Waals surface area contributed by atoms with Gasteiger partial charge in [-0.3, -0.25) is 0 Å². The molecule has 2 fully saturated rings. The zero-order valence-electron chi connectivity index (χ0n) is 31.2. The maximum Gasteiger partial charge on any atom is 0.321 e. The summed E-state index contributed by atoms with van der Waals surface area (Å²) < 4.78 is 41.8. The molecule has 2 saturated heterocycles. The molecule has 4 aromatic rings. The molecular weight excluding hydrogens is 671 g/mol. The number of nitriles is 2. The largest absolute Gasteiger partial charge is 0.347 e. The maximum absolute atomic E-state index is 15.3. The lowest BCUT2D eigenvalue weighted by Crippen LogP contribution is -2.50. The summed E-state index contributed by atoms with van der Waals surface area (Å²) >= 11 is 0. The van der Waals surface area contributed by atoms with Crippen LogP contribution in [0.15, 0.2) is 84.9 Å². The van der Waals surface area contributed by atoms with Gasteiger partial charge in [0.15, 0.2) is 0 Å². The molecule has 53 heavy (non-hydrogen) atoms. The average Bonchev–Trinajstić information content (AvgIpc) is 3.59. The van der Waals surface area contributed by atoms with Crippen molar-refractivity contribution in [3.05, 3.63) is 141 Å². The molecule has 7 nitrogen and oxygen atoms in total. The van der Waals surface area contributed by atoms with Gasteiger partial charge in [-0.2, -0.15) is 10.5 Å². The Morgan fingerprint density at radius 2 is 0.981 bits per heavy atom. The molecule has 0 aromatic heterocycles. The minimum absolute atomic E-state index is 0.0361. The van der Waals surface area contributed by atoms with Crippen LogP contribution >= 0.6 is 0 Å². The standard InChI is InChI=1S/C44H46F2N4O3/c1-43(2,3)34-13-7-28(8-14-34)21-38-40-41(53-27-52-40)39(22-29-9-15-35(16-10-29)44(4,5)6)50(26-31-12-18-37(46)33(20-31)24-48)42(51)49(38)25-30-11-17-36(45)32(19-30)23-47/h7-20,38-41H,21-22,25-27H2,1-6H3/t38-,39-,40+,41+/m1/s1. The van der Waals surface area contributed by atoms with E-state index in [0.717, 1.165) is 11.1 Å². The fourth-order valence-electron chi connectivity index (χ4n) is 7.34. The topological polar surface area (TPSA) is 89.6 Å². The molecule has 2 aliphatic heterocycles. The Morgan fingerprint density at radius 3 is 1.32 bits per heavy atom. The number of urea groups is 1. The van der Waals surface area contributed by atoms with Gasteiger partial charge in [-0.1, -0.05) is 102 Å². The molecule has 0 unspecified atom stereocenters. The second-order valence-corrected chi connectivity index (χ2v) is 16.2. The lowest BCUT2D eigenvalue weighted by Gasteiger charge is -2.36. The van der Waals surface area contributed by atoms with Crippen LogP contribution in [0.3, 0.4) is 0 Å². The number of amides is 2. The summed E-state index contributed by atoms with van der Waals surface area (Å²) in [6.07, 6.45) is -0.181. The first-order chi connectivity index (χ1) is 25.2. The number of rotatable bonds is 8. The van der Waals surface area contributed by atoms with Crippen molar-refractivity contribution < 1.29 is 23.0 Å². The van der Waals surface area contributed by atoms with Gasteiger partial charge >= 0.3 is 6.03 Å². The molecule has 0 bridgehead atoms. The Labute approximate surface area is 311 Å². The molecule has 2 amide bonds. The Hall–Kier alpha value is -5.09. The molecule has 2 aliphatic rings. The Kier molecular flexibility index (Phi) is 10.7. The van der Waals surface area contributed by atoms with E-state index in [0.29, 0.717) is 24.0 Å². The lowest BCUT2D eigenvalue weighted by atomic mass is 9.85. The van der Waals surface area contributed by atoms with Crippen molar-refractivity contribution in [1.29, 1.82) is 10.5 Å². The minimum Gasteiger partial charge on any atom is -0.347 e. The molecule has 2 heterocycles. The molecule has 0 aliphatic carbocycles. The van der Waals surface area contributed by atoms with Crippen molar-refractivity contribution in [3.8, 4) is 12.1 Å². The molecule has 0 spiro atoms. The molecule has 274 valence electrons. The fourth-order valence-corrected chi connectivity index (χ4v) is 7.34. The zero-order valence-corrected chi connectivity index (χ0v) is 31.2. The van der Waals surface area contributed by atoms with Gasteiger partial charge in [-0.25, -0.2) is 13.6 Å². The van der Waals surface area contributed by atoms with Gasteiger partial charge in [-0.15, -0.1) is 0 Å². The zero-order chi connectivity index (χ0) is 38.1. The first-order valence-electron chi connectivity index (χ1n) is 18.0. The number of ether oxygens (including phenoxy) is 2. The van der Waals surface area contributed by atoms with Crippen LogP contribution in [0.4, 0.5) is 13.6 Å². The van der Waals surface area contributed by atoms with Gasteiger partial charge in [0.05, 0.1) is 23.2 Å². The lowest BCUT2D eigenvalue weighted by molar-refractivity contribution is 0.00167. The summed E-state index contributed by atoms with van der Waals surface area (Å²) in [5.41, 5.74) is 5.26. The molecule has 9 heteroatoms. The number of halogens is 2. The van der Waals surface area contributed by atoms with Crippen molar-refractivity contribution in [1.82, 2.24) is 9.80 Å². The second-order valence-electron chi connectivity index (χ2n) is 16.2. The van der Waals surface area contributed by atoms with Gasteiger partial charge in [0.25, 0.3) is 0 Å². The van der Waals surface area contributed by atoms with Crippen LogP contribution < -0.4 is 0 Å². The predicted molar refractivity (Wildman–Crippen MR) is 199 cm³/mol. The summed E-state index contributed by atoms with van der Waals surface area (Å²) in [7, 11) is 0. The fraction of sp³-hybridized carbons (Fsp3) is 0.386.